The molecule has 2 N–H and O–H groups in total. The molecule has 2 fully saturated rings. The second-order valence-corrected chi connectivity index (χ2v) is 10.2. The van der Waals surface area contributed by atoms with E-state index in [9.17, 15) is 14.4 Å². The monoisotopic (exact) mass is 476 g/mol. The number of nitrogens with one attached hydrogen (secondary N) is 1. The molecule has 1 heterocycles. The molecule has 7 heteroatoms. The molecule has 1 aliphatic heterocycles. The lowest BCUT2D eigenvalue weighted by Crippen LogP contribution is -2.47. The van der Waals surface area contributed by atoms with Gasteiger partial charge in [-0.05, 0) is 53.4 Å². The van der Waals surface area contributed by atoms with Crippen LogP contribution in [0.4, 0.5) is 4.79 Å². The average molecular weight is 477 g/mol. The van der Waals surface area contributed by atoms with Gasteiger partial charge in [0.2, 0.25) is 5.91 Å². The molecule has 184 valence electrons. The molecule has 5 rings (SSSR count). The third kappa shape index (κ3) is 4.77. The number of ether oxygens (including phenoxy) is 1. The Morgan fingerprint density at radius 1 is 1.00 bits per heavy atom. The lowest BCUT2D eigenvalue weighted by Gasteiger charge is -2.42. The van der Waals surface area contributed by atoms with Crippen LogP contribution in [0.3, 0.4) is 0 Å². The molecule has 1 atom stereocenters. The fraction of sp³-hybridized carbons (Fsp3) is 0.464. The summed E-state index contributed by atoms with van der Waals surface area (Å²) < 4.78 is 5.66. The SMILES string of the molecule is O=C(O)C[C@H]1CCCN1C(=O)CC1(CNC(=O)OCC2c3ccccc3-c3ccccc32)CCC1. The number of amides is 2. The first-order valence-electron chi connectivity index (χ1n) is 12.6. The molecule has 3 aliphatic rings. The Labute approximate surface area is 205 Å². The summed E-state index contributed by atoms with van der Waals surface area (Å²) in [4.78, 5) is 38.5. The average Bonchev–Trinajstić information content (AvgIpc) is 3.41. The third-order valence-electron chi connectivity index (χ3n) is 8.00. The Balaban J connectivity index is 1.16. The van der Waals surface area contributed by atoms with Gasteiger partial charge in [-0.2, -0.15) is 0 Å². The van der Waals surface area contributed by atoms with Gasteiger partial charge in [0.25, 0.3) is 0 Å². The van der Waals surface area contributed by atoms with Crippen LogP contribution in [0.2, 0.25) is 0 Å². The first-order chi connectivity index (χ1) is 17.0. The van der Waals surface area contributed by atoms with Gasteiger partial charge in [-0.3, -0.25) is 9.59 Å². The van der Waals surface area contributed by atoms with E-state index < -0.39 is 12.1 Å². The number of carboxylic acids is 1. The molecule has 1 saturated heterocycles. The minimum Gasteiger partial charge on any atom is -0.481 e. The summed E-state index contributed by atoms with van der Waals surface area (Å²) in [5, 5.41) is 12.1. The molecule has 0 radical (unpaired) electrons. The quantitative estimate of drug-likeness (QED) is 0.583. The van der Waals surface area contributed by atoms with E-state index in [-0.39, 0.29) is 36.3 Å². The molecule has 0 bridgehead atoms. The summed E-state index contributed by atoms with van der Waals surface area (Å²) in [6.07, 6.45) is 4.23. The largest absolute Gasteiger partial charge is 0.481 e. The van der Waals surface area contributed by atoms with Crippen LogP contribution in [0.25, 0.3) is 11.1 Å². The first kappa shape index (κ1) is 23.4. The maximum atomic E-state index is 13.0. The van der Waals surface area contributed by atoms with Crippen LogP contribution in [0.5, 0.6) is 0 Å². The van der Waals surface area contributed by atoms with E-state index in [1.54, 1.807) is 4.90 Å². The first-order valence-corrected chi connectivity index (χ1v) is 12.6. The van der Waals surface area contributed by atoms with Gasteiger partial charge in [-0.1, -0.05) is 55.0 Å². The van der Waals surface area contributed by atoms with Gasteiger partial charge in [0.1, 0.15) is 6.61 Å². The number of benzene rings is 2. The number of fused-ring (bicyclic) bond motifs is 3. The zero-order chi connectivity index (χ0) is 24.4. The fourth-order valence-corrected chi connectivity index (χ4v) is 6.00. The van der Waals surface area contributed by atoms with Crippen molar-refractivity contribution in [2.24, 2.45) is 5.41 Å². The van der Waals surface area contributed by atoms with Crippen molar-refractivity contribution < 1.29 is 24.2 Å². The van der Waals surface area contributed by atoms with Crippen molar-refractivity contribution in [3.63, 3.8) is 0 Å². The molecule has 0 unspecified atom stereocenters. The van der Waals surface area contributed by atoms with E-state index in [1.807, 2.05) is 24.3 Å². The number of aliphatic carboxylic acids is 1. The predicted molar refractivity (Wildman–Crippen MR) is 131 cm³/mol. The zero-order valence-electron chi connectivity index (χ0n) is 19.9. The van der Waals surface area contributed by atoms with Gasteiger partial charge in [0, 0.05) is 31.5 Å². The highest BCUT2D eigenvalue weighted by molar-refractivity contribution is 5.80. The summed E-state index contributed by atoms with van der Waals surface area (Å²) in [5.41, 5.74) is 4.45. The molecule has 2 amide bonds. The van der Waals surface area contributed by atoms with E-state index in [0.717, 1.165) is 32.1 Å². The molecule has 0 spiro atoms. The third-order valence-corrected chi connectivity index (χ3v) is 8.00. The van der Waals surface area contributed by atoms with Crippen molar-refractivity contribution >= 4 is 18.0 Å². The summed E-state index contributed by atoms with van der Waals surface area (Å²) >= 11 is 0. The number of likely N-dealkylation sites (tertiary alicyclic amines) is 1. The number of carboxylic acid groups (broad SMARTS) is 1. The molecule has 1 saturated carbocycles. The van der Waals surface area contributed by atoms with Gasteiger partial charge in [0.05, 0.1) is 6.42 Å². The highest BCUT2D eigenvalue weighted by Gasteiger charge is 2.42. The highest BCUT2D eigenvalue weighted by Crippen LogP contribution is 2.45. The Morgan fingerprint density at radius 3 is 2.26 bits per heavy atom. The summed E-state index contributed by atoms with van der Waals surface area (Å²) in [6.45, 7) is 1.27. The van der Waals surface area contributed by atoms with E-state index in [0.29, 0.717) is 19.5 Å². The molecule has 2 aromatic carbocycles. The number of carbonyl (C=O) groups is 3. The van der Waals surface area contributed by atoms with Crippen molar-refractivity contribution in [1.29, 1.82) is 0 Å². The second kappa shape index (κ2) is 9.72. The minimum absolute atomic E-state index is 0.00258. The summed E-state index contributed by atoms with van der Waals surface area (Å²) in [7, 11) is 0. The normalized spacial score (nSPS) is 20.0. The zero-order valence-corrected chi connectivity index (χ0v) is 19.9. The predicted octanol–water partition coefficient (Wildman–Crippen LogP) is 4.55. The van der Waals surface area contributed by atoms with Crippen LogP contribution in [-0.4, -0.2) is 53.7 Å². The Hall–Kier alpha value is -3.35. The van der Waals surface area contributed by atoms with Gasteiger partial charge < -0.3 is 20.1 Å². The Kier molecular flexibility index (Phi) is 6.50. The Bertz CT molecular complexity index is 1080. The van der Waals surface area contributed by atoms with Gasteiger partial charge in [-0.25, -0.2) is 4.79 Å². The fourth-order valence-electron chi connectivity index (χ4n) is 6.00. The van der Waals surface area contributed by atoms with E-state index in [1.165, 1.54) is 22.3 Å². The van der Waals surface area contributed by atoms with Crippen LogP contribution < -0.4 is 5.32 Å². The highest BCUT2D eigenvalue weighted by atomic mass is 16.5. The lowest BCUT2D eigenvalue weighted by molar-refractivity contribution is -0.141. The van der Waals surface area contributed by atoms with Crippen molar-refractivity contribution in [1.82, 2.24) is 10.2 Å². The topological polar surface area (TPSA) is 95.9 Å². The van der Waals surface area contributed by atoms with Crippen LogP contribution in [-0.2, 0) is 14.3 Å². The molecular formula is C28H32N2O5. The van der Waals surface area contributed by atoms with Crippen LogP contribution in [0.15, 0.2) is 48.5 Å². The molecular weight excluding hydrogens is 444 g/mol. The molecule has 0 aromatic heterocycles. The van der Waals surface area contributed by atoms with Gasteiger partial charge in [-0.15, -0.1) is 0 Å². The van der Waals surface area contributed by atoms with Crippen LogP contribution in [0, 0.1) is 5.41 Å². The van der Waals surface area contributed by atoms with Gasteiger partial charge in [0.15, 0.2) is 0 Å². The molecule has 7 nitrogen and oxygen atoms in total. The van der Waals surface area contributed by atoms with E-state index in [2.05, 4.69) is 29.6 Å². The number of hydrogen-bond donors (Lipinski definition) is 2. The number of hydrogen-bond acceptors (Lipinski definition) is 4. The maximum absolute atomic E-state index is 13.0. The van der Waals surface area contributed by atoms with E-state index in [4.69, 9.17) is 9.84 Å². The summed E-state index contributed by atoms with van der Waals surface area (Å²) in [5.74, 6) is -0.860. The molecule has 35 heavy (non-hydrogen) atoms. The minimum atomic E-state index is -0.870. The number of nitrogens with zero attached hydrogens (tertiary/aromatic N) is 1. The number of carbonyl (C=O) groups excluding carboxylic acids is 2. The van der Waals surface area contributed by atoms with Crippen molar-refractivity contribution in [2.45, 2.75) is 56.9 Å². The van der Waals surface area contributed by atoms with Crippen LogP contribution >= 0.6 is 0 Å². The summed E-state index contributed by atoms with van der Waals surface area (Å²) in [6, 6.07) is 16.2. The van der Waals surface area contributed by atoms with Crippen molar-refractivity contribution in [3.05, 3.63) is 59.7 Å². The van der Waals surface area contributed by atoms with Crippen molar-refractivity contribution in [3.8, 4) is 11.1 Å². The van der Waals surface area contributed by atoms with Gasteiger partial charge >= 0.3 is 12.1 Å². The van der Waals surface area contributed by atoms with E-state index >= 15 is 0 Å². The lowest BCUT2D eigenvalue weighted by atomic mass is 9.66. The molecule has 2 aliphatic carbocycles. The standard InChI is InChI=1S/C28H32N2O5/c31-25(30-14-5-7-19(30)15-26(32)33)16-28(12-6-13-28)18-29-27(34)35-17-24-22-10-3-1-8-20(22)21-9-2-4-11-23(21)24/h1-4,8-11,19,24H,5-7,12-18H2,(H,29,34)(H,32,33)/t19-/m1/s1. The Morgan fingerprint density at radius 2 is 1.66 bits per heavy atom. The maximum Gasteiger partial charge on any atom is 0.407 e. The number of alkyl carbamates (subject to hydrolysis) is 1. The smallest absolute Gasteiger partial charge is 0.407 e. The molecule has 2 aromatic rings. The second-order valence-electron chi connectivity index (χ2n) is 10.2. The van der Waals surface area contributed by atoms with Crippen LogP contribution in [0.1, 0.15) is 62.0 Å². The number of rotatable bonds is 8. The van der Waals surface area contributed by atoms with Crippen molar-refractivity contribution in [2.75, 3.05) is 19.7 Å².